The molecule has 0 amide bonds. The summed E-state index contributed by atoms with van der Waals surface area (Å²) in [6.07, 6.45) is -0.0105. The highest BCUT2D eigenvalue weighted by atomic mass is 32.2. The number of sulfone groups is 1. The van der Waals surface area contributed by atoms with Crippen molar-refractivity contribution in [3.63, 3.8) is 0 Å². The number of hydrogen-bond acceptors (Lipinski definition) is 4. The van der Waals surface area contributed by atoms with E-state index in [0.717, 1.165) is 22.3 Å². The van der Waals surface area contributed by atoms with E-state index in [1.807, 2.05) is 33.8 Å². The van der Waals surface area contributed by atoms with Crippen molar-refractivity contribution in [1.29, 1.82) is 0 Å². The third-order valence-corrected chi connectivity index (χ3v) is 6.43. The summed E-state index contributed by atoms with van der Waals surface area (Å²) in [4.78, 5) is 12.7. The Morgan fingerprint density at radius 2 is 1.55 bits per heavy atom. The fourth-order valence-electron chi connectivity index (χ4n) is 3.56. The molecule has 0 fully saturated rings. The maximum atomic E-state index is 14.1. The van der Waals surface area contributed by atoms with Crippen molar-refractivity contribution in [3.8, 4) is 0 Å². The molecule has 0 saturated carbocycles. The Morgan fingerprint density at radius 3 is 2.07 bits per heavy atom. The molecule has 2 rings (SSSR count). The Morgan fingerprint density at radius 1 is 1.00 bits per heavy atom. The second kappa shape index (κ2) is 9.63. The molecule has 29 heavy (non-hydrogen) atoms. The van der Waals surface area contributed by atoms with Gasteiger partial charge in [0.1, 0.15) is 11.6 Å². The average Bonchev–Trinajstić information content (AvgIpc) is 2.61. The van der Waals surface area contributed by atoms with Crippen molar-refractivity contribution < 1.29 is 17.6 Å². The van der Waals surface area contributed by atoms with Crippen LogP contribution in [0.1, 0.15) is 67.3 Å². The van der Waals surface area contributed by atoms with Crippen LogP contribution in [0.4, 0.5) is 4.39 Å². The first kappa shape index (κ1) is 23.2. The van der Waals surface area contributed by atoms with E-state index in [4.69, 9.17) is 5.73 Å². The normalized spacial score (nSPS) is 12.0. The van der Waals surface area contributed by atoms with Crippen molar-refractivity contribution in [1.82, 2.24) is 0 Å². The smallest absolute Gasteiger partial charge is 0.161 e. The molecule has 0 radical (unpaired) electrons. The summed E-state index contributed by atoms with van der Waals surface area (Å²) in [7, 11) is -3.62. The summed E-state index contributed by atoms with van der Waals surface area (Å²) < 4.78 is 39.2. The summed E-state index contributed by atoms with van der Waals surface area (Å²) in [6.45, 7) is 8.08. The molecular weight excluding hydrogens is 389 g/mol. The lowest BCUT2D eigenvalue weighted by atomic mass is 9.86. The van der Waals surface area contributed by atoms with E-state index in [0.29, 0.717) is 12.1 Å². The van der Waals surface area contributed by atoms with E-state index in [9.17, 15) is 17.6 Å². The van der Waals surface area contributed by atoms with Gasteiger partial charge in [0.25, 0.3) is 0 Å². The number of hydrogen-bond donors (Lipinski definition) is 1. The van der Waals surface area contributed by atoms with Crippen molar-refractivity contribution in [3.05, 3.63) is 70.0 Å². The number of nitrogens with two attached hydrogens (primary N) is 1. The lowest BCUT2D eigenvalue weighted by Crippen LogP contribution is -2.21. The summed E-state index contributed by atoms with van der Waals surface area (Å²) in [5.41, 5.74) is 9.34. The van der Waals surface area contributed by atoms with Crippen molar-refractivity contribution in [2.24, 2.45) is 5.73 Å². The molecule has 0 saturated heterocycles. The third-order valence-electron chi connectivity index (χ3n) is 4.90. The molecule has 0 aliphatic carbocycles. The lowest BCUT2D eigenvalue weighted by Gasteiger charge is -2.19. The molecule has 2 aromatic carbocycles. The minimum atomic E-state index is -3.62. The van der Waals surface area contributed by atoms with Gasteiger partial charge in [-0.1, -0.05) is 52.0 Å². The Bertz CT molecular complexity index is 952. The number of carbonyl (C=O) groups is 1. The number of carbonyl (C=O) groups excluding carboxylic acids is 1. The van der Waals surface area contributed by atoms with Gasteiger partial charge in [-0.05, 0) is 51.8 Å². The zero-order valence-corrected chi connectivity index (χ0v) is 18.4. The van der Waals surface area contributed by atoms with E-state index in [-0.39, 0.29) is 35.6 Å². The lowest BCUT2D eigenvalue weighted by molar-refractivity contribution is -0.116. The summed E-state index contributed by atoms with van der Waals surface area (Å²) >= 11 is 0. The molecule has 0 unspecified atom stereocenters. The topological polar surface area (TPSA) is 77.2 Å². The number of halogens is 1. The van der Waals surface area contributed by atoms with Crippen molar-refractivity contribution in [2.45, 2.75) is 58.2 Å². The molecule has 2 aromatic rings. The molecule has 0 aromatic heterocycles. The Balaban J connectivity index is 2.23. The van der Waals surface area contributed by atoms with Crippen LogP contribution in [-0.2, 0) is 33.4 Å². The Hall–Kier alpha value is -2.05. The van der Waals surface area contributed by atoms with E-state index < -0.39 is 15.6 Å². The third kappa shape index (κ3) is 6.47. The first-order valence-corrected chi connectivity index (χ1v) is 11.7. The first-order valence-electron chi connectivity index (χ1n) is 9.84. The Kier molecular flexibility index (Phi) is 7.72. The number of ketones is 1. The predicted molar refractivity (Wildman–Crippen MR) is 115 cm³/mol. The first-order chi connectivity index (χ1) is 13.5. The van der Waals surface area contributed by atoms with Crippen LogP contribution >= 0.6 is 0 Å². The highest BCUT2D eigenvalue weighted by Crippen LogP contribution is 2.30. The van der Waals surface area contributed by atoms with Crippen LogP contribution < -0.4 is 5.73 Å². The van der Waals surface area contributed by atoms with Crippen LogP contribution in [-0.4, -0.2) is 20.0 Å². The van der Waals surface area contributed by atoms with Crippen LogP contribution in [0.15, 0.2) is 36.4 Å². The van der Waals surface area contributed by atoms with Crippen LogP contribution in [0.25, 0.3) is 0 Å². The molecule has 2 N–H and O–H groups in total. The van der Waals surface area contributed by atoms with E-state index in [1.165, 1.54) is 12.1 Å². The van der Waals surface area contributed by atoms with Crippen LogP contribution in [0, 0.1) is 5.82 Å². The van der Waals surface area contributed by atoms with Gasteiger partial charge in [-0.25, -0.2) is 12.8 Å². The molecule has 0 bridgehead atoms. The minimum absolute atomic E-state index is 0.0105. The zero-order valence-electron chi connectivity index (χ0n) is 17.5. The second-order valence-corrected chi connectivity index (χ2v) is 10.2. The summed E-state index contributed by atoms with van der Waals surface area (Å²) in [5.74, 6) is -1.39. The summed E-state index contributed by atoms with van der Waals surface area (Å²) in [6, 6.07) is 9.95. The fourth-order valence-corrected chi connectivity index (χ4v) is 4.94. The standard InChI is InChI=1S/C23H30FNO3S/c1-15(2)21-9-19(24)10-22(16(3)4)23(21)11-20(26)14-29(27,28)13-18-7-5-6-17(8-18)12-25/h5-10,15-16H,11-14,25H2,1-4H3. The molecule has 0 atom stereocenters. The van der Waals surface area contributed by atoms with Crippen LogP contribution in [0.2, 0.25) is 0 Å². The van der Waals surface area contributed by atoms with Gasteiger partial charge in [0, 0.05) is 13.0 Å². The van der Waals surface area contributed by atoms with Gasteiger partial charge in [-0.15, -0.1) is 0 Å². The van der Waals surface area contributed by atoms with Gasteiger partial charge >= 0.3 is 0 Å². The largest absolute Gasteiger partial charge is 0.326 e. The quantitative estimate of drug-likeness (QED) is 0.659. The maximum Gasteiger partial charge on any atom is 0.161 e. The summed E-state index contributed by atoms with van der Waals surface area (Å²) in [5, 5.41) is 0. The maximum absolute atomic E-state index is 14.1. The van der Waals surface area contributed by atoms with E-state index >= 15 is 0 Å². The molecule has 0 aliphatic rings. The highest BCUT2D eigenvalue weighted by molar-refractivity contribution is 7.91. The van der Waals surface area contributed by atoms with Gasteiger partial charge in [-0.3, -0.25) is 4.79 Å². The Labute approximate surface area is 173 Å². The predicted octanol–water partition coefficient (Wildman–Crippen LogP) is 4.26. The number of rotatable bonds is 9. The zero-order chi connectivity index (χ0) is 21.8. The van der Waals surface area contributed by atoms with E-state index in [1.54, 1.807) is 18.2 Å². The molecule has 158 valence electrons. The fraction of sp³-hybridized carbons (Fsp3) is 0.435. The molecule has 6 heteroatoms. The SMILES string of the molecule is CC(C)c1cc(F)cc(C(C)C)c1CC(=O)CS(=O)(=O)Cc1cccc(CN)c1. The minimum Gasteiger partial charge on any atom is -0.326 e. The number of benzene rings is 2. The molecule has 0 aliphatic heterocycles. The van der Waals surface area contributed by atoms with Gasteiger partial charge in [0.05, 0.1) is 5.75 Å². The second-order valence-electron chi connectivity index (χ2n) is 8.14. The van der Waals surface area contributed by atoms with Gasteiger partial charge in [-0.2, -0.15) is 0 Å². The molecule has 0 spiro atoms. The molecular formula is C23H30FNO3S. The van der Waals surface area contributed by atoms with Gasteiger partial charge in [0.2, 0.25) is 0 Å². The van der Waals surface area contributed by atoms with Crippen molar-refractivity contribution >= 4 is 15.6 Å². The van der Waals surface area contributed by atoms with Crippen molar-refractivity contribution in [2.75, 3.05) is 5.75 Å². The van der Waals surface area contributed by atoms with E-state index in [2.05, 4.69) is 0 Å². The average molecular weight is 420 g/mol. The monoisotopic (exact) mass is 419 g/mol. The van der Waals surface area contributed by atoms with Crippen LogP contribution in [0.5, 0.6) is 0 Å². The van der Waals surface area contributed by atoms with Crippen LogP contribution in [0.3, 0.4) is 0 Å². The number of Topliss-reactive ketones (excluding diaryl/α,β-unsaturated/α-hetero) is 1. The molecule has 0 heterocycles. The van der Waals surface area contributed by atoms with Gasteiger partial charge < -0.3 is 5.73 Å². The molecule has 4 nitrogen and oxygen atoms in total. The highest BCUT2D eigenvalue weighted by Gasteiger charge is 2.22. The van der Waals surface area contributed by atoms with Gasteiger partial charge in [0.15, 0.2) is 15.6 Å².